The maximum Gasteiger partial charge on any atom is 0.320 e. The van der Waals surface area contributed by atoms with Gasteiger partial charge in [-0.3, -0.25) is 50.0 Å². The Bertz CT molecular complexity index is 2880. The number of fused-ring (bicyclic) bond motifs is 4. The van der Waals surface area contributed by atoms with Crippen LogP contribution in [0.5, 0.6) is 0 Å². The smallest absolute Gasteiger partial charge is 0.320 e. The lowest BCUT2D eigenvalue weighted by atomic mass is 10.2. The number of benzene rings is 3. The molecule has 26 heteroatoms. The number of nitro groups is 3. The minimum atomic E-state index is -4.79. The predicted octanol–water partition coefficient (Wildman–Crippen LogP) is 4.63. The zero-order valence-corrected chi connectivity index (χ0v) is 38.8. The Morgan fingerprint density at radius 1 is 0.515 bits per heavy atom. The second-order valence-electron chi connectivity index (χ2n) is 15.2. The van der Waals surface area contributed by atoms with Crippen LogP contribution in [0.4, 0.5) is 17.1 Å². The summed E-state index contributed by atoms with van der Waals surface area (Å²) in [7, 11) is -14.2. The number of esters is 1. The van der Waals surface area contributed by atoms with Crippen molar-refractivity contribution in [3.8, 4) is 0 Å². The number of nitro benzene ring substituents is 3. The van der Waals surface area contributed by atoms with E-state index in [1.807, 2.05) is 0 Å². The number of nitrogens with zero attached hydrogens (tertiary/aromatic N) is 9. The Morgan fingerprint density at radius 2 is 0.838 bits per heavy atom. The van der Waals surface area contributed by atoms with E-state index in [0.717, 1.165) is 49.3 Å². The first-order chi connectivity index (χ1) is 32.3. The molecule has 4 bridgehead atoms. The van der Waals surface area contributed by atoms with E-state index in [-0.39, 0.29) is 74.9 Å². The summed E-state index contributed by atoms with van der Waals surface area (Å²) >= 11 is 0. The van der Waals surface area contributed by atoms with Crippen LogP contribution in [-0.2, 0) is 65.8 Å². The molecule has 0 saturated carbocycles. The van der Waals surface area contributed by atoms with Gasteiger partial charge in [0.2, 0.25) is 20.0 Å². The SMILES string of the molecule is CCOC(=O)CN1CCCN(S(=O)(=O)c2ccccc2[N+](=O)[O-])Cc2cccc(n2)CN(S(=O)(=O)c2ccccc2[N+](=O)[O-])Cc2cccc(n2)CN(S(=O)(=O)c2ccccc2[N+](=O)[O-])CCC1. The molecule has 0 aliphatic carbocycles. The fourth-order valence-electron chi connectivity index (χ4n) is 7.42. The maximum absolute atomic E-state index is 14.5. The van der Waals surface area contributed by atoms with Crippen LogP contribution >= 0.6 is 0 Å². The molecule has 0 unspecified atom stereocenters. The number of sulfonamides is 3. The second kappa shape index (κ2) is 22.0. The molecule has 3 aromatic carbocycles. The van der Waals surface area contributed by atoms with E-state index >= 15 is 0 Å². The van der Waals surface area contributed by atoms with Gasteiger partial charge >= 0.3 is 5.97 Å². The van der Waals surface area contributed by atoms with Crippen LogP contribution in [0.3, 0.4) is 0 Å². The van der Waals surface area contributed by atoms with Gasteiger partial charge in [0, 0.05) is 31.3 Å². The van der Waals surface area contributed by atoms with Crippen molar-refractivity contribution in [2.45, 2.75) is 60.6 Å². The van der Waals surface area contributed by atoms with Crippen molar-refractivity contribution in [3.63, 3.8) is 0 Å². The average molecular weight is 996 g/mol. The van der Waals surface area contributed by atoms with Crippen molar-refractivity contribution in [1.29, 1.82) is 0 Å². The highest BCUT2D eigenvalue weighted by Crippen LogP contribution is 2.31. The molecular formula is C42H45N9O14S3. The lowest BCUT2D eigenvalue weighted by molar-refractivity contribution is -0.388. The van der Waals surface area contributed by atoms with Crippen molar-refractivity contribution in [3.05, 3.63) is 162 Å². The molecule has 6 rings (SSSR count). The fraction of sp³-hybridized carbons (Fsp3) is 0.310. The first-order valence-electron chi connectivity index (χ1n) is 20.8. The van der Waals surface area contributed by atoms with E-state index in [0.29, 0.717) is 0 Å². The highest BCUT2D eigenvalue weighted by molar-refractivity contribution is 7.89. The Morgan fingerprint density at radius 3 is 1.18 bits per heavy atom. The number of carbonyl (C=O) groups is 1. The molecule has 3 heterocycles. The third-order valence-corrected chi connectivity index (χ3v) is 16.2. The highest BCUT2D eigenvalue weighted by atomic mass is 32.2. The monoisotopic (exact) mass is 995 g/mol. The first-order valence-corrected chi connectivity index (χ1v) is 25.1. The van der Waals surface area contributed by atoms with Crippen molar-refractivity contribution in [2.24, 2.45) is 0 Å². The molecule has 0 radical (unpaired) electrons. The molecule has 1 aliphatic rings. The minimum absolute atomic E-state index is 0.00969. The van der Waals surface area contributed by atoms with Crippen LogP contribution in [0, 0.1) is 30.3 Å². The predicted molar refractivity (Wildman–Crippen MR) is 242 cm³/mol. The van der Waals surface area contributed by atoms with Gasteiger partial charge in [0.15, 0.2) is 14.7 Å². The number of aromatic nitrogens is 2. The van der Waals surface area contributed by atoms with Gasteiger partial charge in [0.1, 0.15) is 0 Å². The summed E-state index contributed by atoms with van der Waals surface area (Å²) in [5.41, 5.74) is -1.80. The number of hydrogen-bond acceptors (Lipinski definition) is 17. The lowest BCUT2D eigenvalue weighted by Crippen LogP contribution is -2.38. The van der Waals surface area contributed by atoms with Crippen LogP contribution in [-0.4, -0.2) is 113 Å². The topological polar surface area (TPSA) is 297 Å². The summed E-state index contributed by atoms with van der Waals surface area (Å²) in [4.78, 5) is 55.4. The van der Waals surface area contributed by atoms with Crippen LogP contribution in [0.25, 0.3) is 0 Å². The first kappa shape index (κ1) is 50.7. The van der Waals surface area contributed by atoms with Crippen LogP contribution in [0.2, 0.25) is 0 Å². The number of ether oxygens (including phenoxy) is 1. The van der Waals surface area contributed by atoms with Crippen LogP contribution < -0.4 is 0 Å². The zero-order valence-electron chi connectivity index (χ0n) is 36.3. The second-order valence-corrected chi connectivity index (χ2v) is 20.9. The third kappa shape index (κ3) is 12.1. The Balaban J connectivity index is 1.49. The van der Waals surface area contributed by atoms with Crippen molar-refractivity contribution >= 4 is 53.1 Å². The standard InChI is InChI=1S/C42H45N9O14S3/c1-2-65-42(52)31-45-23-11-25-46(66(59,60)39-20-6-3-17-36(39)49(53)54)27-32-13-9-15-34(43-32)29-48(68(63,64)41-22-8-5-19-38(41)51(57)58)30-35-16-10-14-33(44-35)28-47(26-12-24-45)67(61,62)40-21-7-4-18-37(40)50(55)56/h3-10,13-22H,2,11-12,23-31H2,1H3. The average Bonchev–Trinajstić information content (AvgIpc) is 3.30. The summed E-state index contributed by atoms with van der Waals surface area (Å²) in [5.74, 6) is -0.629. The molecule has 2 aromatic heterocycles. The van der Waals surface area contributed by atoms with Gasteiger partial charge < -0.3 is 4.74 Å². The molecule has 68 heavy (non-hydrogen) atoms. The molecule has 0 N–H and O–H groups in total. The number of para-hydroxylation sites is 3. The van der Waals surface area contributed by atoms with Crippen LogP contribution in [0.15, 0.2) is 124 Å². The van der Waals surface area contributed by atoms with Crippen molar-refractivity contribution < 1.29 is 49.6 Å². The molecular weight excluding hydrogens is 951 g/mol. The van der Waals surface area contributed by atoms with Gasteiger partial charge in [0.05, 0.1) is 76.9 Å². The van der Waals surface area contributed by atoms with E-state index in [4.69, 9.17) is 4.74 Å². The molecule has 23 nitrogen and oxygen atoms in total. The molecule has 360 valence electrons. The van der Waals surface area contributed by atoms with E-state index in [1.54, 1.807) is 11.8 Å². The molecule has 1 aliphatic heterocycles. The van der Waals surface area contributed by atoms with Gasteiger partial charge in [-0.25, -0.2) is 25.3 Å². The number of hydrogen-bond donors (Lipinski definition) is 0. The molecule has 0 saturated heterocycles. The summed E-state index contributed by atoms with van der Waals surface area (Å²) in [6.07, 6.45) is 0.0194. The number of rotatable bonds is 12. The zero-order chi connectivity index (χ0) is 49.2. The summed E-state index contributed by atoms with van der Waals surface area (Å²) < 4.78 is 94.7. The van der Waals surface area contributed by atoms with Gasteiger partial charge in [0.25, 0.3) is 27.1 Å². The van der Waals surface area contributed by atoms with E-state index < -0.39 is 109 Å². The Hall–Kier alpha value is -6.68. The quantitative estimate of drug-likeness (QED) is 0.0934. The van der Waals surface area contributed by atoms with Gasteiger partial charge in [-0.2, -0.15) is 12.9 Å². The van der Waals surface area contributed by atoms with E-state index in [1.165, 1.54) is 72.8 Å². The van der Waals surface area contributed by atoms with Gasteiger partial charge in [-0.15, -0.1) is 0 Å². The number of carbonyl (C=O) groups excluding carboxylic acids is 1. The van der Waals surface area contributed by atoms with Gasteiger partial charge in [-0.05, 0) is 75.3 Å². The molecule has 0 amide bonds. The molecule has 0 spiro atoms. The van der Waals surface area contributed by atoms with Gasteiger partial charge in [-0.1, -0.05) is 48.5 Å². The number of pyridine rings is 2. The van der Waals surface area contributed by atoms with E-state index in [2.05, 4.69) is 9.97 Å². The largest absolute Gasteiger partial charge is 0.465 e. The van der Waals surface area contributed by atoms with Crippen LogP contribution in [0.1, 0.15) is 42.5 Å². The highest BCUT2D eigenvalue weighted by Gasteiger charge is 2.36. The maximum atomic E-state index is 14.5. The fourth-order valence-corrected chi connectivity index (χ4v) is 12.2. The van der Waals surface area contributed by atoms with Crippen molar-refractivity contribution in [1.82, 2.24) is 27.8 Å². The van der Waals surface area contributed by atoms with E-state index in [9.17, 15) is 60.4 Å². The molecule has 0 atom stereocenters. The summed E-state index contributed by atoms with van der Waals surface area (Å²) in [6.45, 7) is -1.23. The molecule has 0 fully saturated rings. The third-order valence-electron chi connectivity index (χ3n) is 10.5. The lowest BCUT2D eigenvalue weighted by Gasteiger charge is -2.27. The Labute approximate surface area is 391 Å². The molecule has 5 aromatic rings. The van der Waals surface area contributed by atoms with Crippen molar-refractivity contribution in [2.75, 3.05) is 39.3 Å². The Kier molecular flexibility index (Phi) is 16.4. The normalized spacial score (nSPS) is 15.8. The summed E-state index contributed by atoms with van der Waals surface area (Å²) in [5, 5.41) is 36.2. The summed E-state index contributed by atoms with van der Waals surface area (Å²) in [6, 6.07) is 23.0. The minimum Gasteiger partial charge on any atom is -0.465 e.